The van der Waals surface area contributed by atoms with Crippen LogP contribution in [0.2, 0.25) is 0 Å². The Morgan fingerprint density at radius 1 is 1.32 bits per heavy atom. The Hall–Kier alpha value is -1.55. The van der Waals surface area contributed by atoms with E-state index in [4.69, 9.17) is 16.3 Å². The Balaban J connectivity index is 2.50. The number of anilines is 1. The molecular weight excluding hydrogens is 266 g/mol. The Labute approximate surface area is 118 Å². The monoisotopic (exact) mass is 283 g/mol. The minimum atomic E-state index is -0.240. The maximum atomic E-state index is 11.2. The number of amides is 1. The first-order valence-electron chi connectivity index (χ1n) is 6.20. The fraction of sp³-hybridized carbons (Fsp3) is 0.429. The average molecular weight is 284 g/mol. The van der Waals surface area contributed by atoms with Crippen LogP contribution in [0.5, 0.6) is 0 Å². The first kappa shape index (κ1) is 15.5. The van der Waals surface area contributed by atoms with Gasteiger partial charge in [-0.05, 0) is 31.0 Å². The zero-order chi connectivity index (χ0) is 14.3. The summed E-state index contributed by atoms with van der Waals surface area (Å²) in [7, 11) is 0. The van der Waals surface area contributed by atoms with Crippen molar-refractivity contribution in [2.24, 2.45) is 0 Å². The zero-order valence-electron chi connectivity index (χ0n) is 11.1. The van der Waals surface area contributed by atoms with Crippen molar-refractivity contribution < 1.29 is 14.3 Å². The number of alkyl halides is 1. The van der Waals surface area contributed by atoms with Crippen molar-refractivity contribution in [2.75, 3.05) is 11.9 Å². The number of hydrogen-bond donors (Lipinski definition) is 1. The molecule has 0 fully saturated rings. The lowest BCUT2D eigenvalue weighted by Crippen LogP contribution is -2.06. The van der Waals surface area contributed by atoms with Crippen molar-refractivity contribution in [1.29, 1.82) is 0 Å². The van der Waals surface area contributed by atoms with Gasteiger partial charge < -0.3 is 10.1 Å². The van der Waals surface area contributed by atoms with Gasteiger partial charge in [0.15, 0.2) is 0 Å². The van der Waals surface area contributed by atoms with E-state index in [0.717, 1.165) is 11.3 Å². The molecule has 0 aliphatic carbocycles. The summed E-state index contributed by atoms with van der Waals surface area (Å²) in [5.41, 5.74) is 1.64. The summed E-state index contributed by atoms with van der Waals surface area (Å²) in [6, 6.07) is 7.26. The van der Waals surface area contributed by atoms with Gasteiger partial charge in [0.05, 0.1) is 12.0 Å². The Morgan fingerprint density at radius 3 is 2.47 bits per heavy atom. The Morgan fingerprint density at radius 2 is 1.95 bits per heavy atom. The van der Waals surface area contributed by atoms with Crippen LogP contribution in [0.4, 0.5) is 5.69 Å². The summed E-state index contributed by atoms with van der Waals surface area (Å²) in [6.45, 7) is 3.62. The summed E-state index contributed by atoms with van der Waals surface area (Å²) in [5.74, 6) is -0.347. The van der Waals surface area contributed by atoms with Crippen molar-refractivity contribution in [2.45, 2.75) is 32.1 Å². The molecule has 1 aromatic rings. The van der Waals surface area contributed by atoms with Gasteiger partial charge in [0.2, 0.25) is 5.91 Å². The predicted molar refractivity (Wildman–Crippen MR) is 75.2 cm³/mol. The van der Waals surface area contributed by atoms with Gasteiger partial charge >= 0.3 is 5.97 Å². The number of benzene rings is 1. The highest BCUT2D eigenvalue weighted by Gasteiger charge is 2.11. The number of carbonyl (C=O) groups is 2. The third-order valence-corrected chi connectivity index (χ3v) is 2.97. The van der Waals surface area contributed by atoms with Gasteiger partial charge in [-0.25, -0.2) is 0 Å². The summed E-state index contributed by atoms with van der Waals surface area (Å²) >= 11 is 6.21. The van der Waals surface area contributed by atoms with E-state index >= 15 is 0 Å². The number of hydrogen-bond acceptors (Lipinski definition) is 3. The summed E-state index contributed by atoms with van der Waals surface area (Å²) in [4.78, 5) is 22.1. The minimum Gasteiger partial charge on any atom is -0.466 e. The molecule has 0 heterocycles. The van der Waals surface area contributed by atoms with Crippen LogP contribution in [0.25, 0.3) is 0 Å². The quantitative estimate of drug-likeness (QED) is 0.644. The molecule has 0 aliphatic heterocycles. The molecule has 0 spiro atoms. The van der Waals surface area contributed by atoms with E-state index in [9.17, 15) is 9.59 Å². The molecule has 1 unspecified atom stereocenters. The zero-order valence-corrected chi connectivity index (χ0v) is 11.9. The second kappa shape index (κ2) is 7.79. The lowest BCUT2D eigenvalue weighted by molar-refractivity contribution is -0.143. The van der Waals surface area contributed by atoms with Gasteiger partial charge in [-0.1, -0.05) is 12.1 Å². The third kappa shape index (κ3) is 5.75. The van der Waals surface area contributed by atoms with E-state index in [0.29, 0.717) is 19.4 Å². The number of carbonyl (C=O) groups excluding carboxylic acids is 2. The molecule has 1 atom stereocenters. The van der Waals surface area contributed by atoms with E-state index in [1.807, 2.05) is 12.1 Å². The molecule has 0 saturated carbocycles. The van der Waals surface area contributed by atoms with Crippen molar-refractivity contribution in [3.05, 3.63) is 29.8 Å². The van der Waals surface area contributed by atoms with Crippen molar-refractivity contribution in [3.63, 3.8) is 0 Å². The normalized spacial score (nSPS) is 11.7. The SMILES string of the molecule is CCOC(=O)CCC(Cl)c1ccc(NC(C)=O)cc1. The van der Waals surface area contributed by atoms with Gasteiger partial charge in [-0.2, -0.15) is 0 Å². The first-order chi connectivity index (χ1) is 9.02. The van der Waals surface area contributed by atoms with Crippen LogP contribution in [0.3, 0.4) is 0 Å². The standard InChI is InChI=1S/C14H18ClNO3/c1-3-19-14(18)9-8-13(15)11-4-6-12(7-5-11)16-10(2)17/h4-7,13H,3,8-9H2,1-2H3,(H,16,17). The van der Waals surface area contributed by atoms with Crippen molar-refractivity contribution >= 4 is 29.2 Å². The molecule has 1 aromatic carbocycles. The van der Waals surface area contributed by atoms with E-state index in [1.165, 1.54) is 6.92 Å². The summed E-state index contributed by atoms with van der Waals surface area (Å²) < 4.78 is 4.85. The molecule has 4 nitrogen and oxygen atoms in total. The molecule has 19 heavy (non-hydrogen) atoms. The van der Waals surface area contributed by atoms with E-state index in [-0.39, 0.29) is 17.3 Å². The second-order valence-electron chi connectivity index (χ2n) is 4.11. The van der Waals surface area contributed by atoms with Crippen LogP contribution < -0.4 is 5.32 Å². The average Bonchev–Trinajstić information content (AvgIpc) is 2.36. The summed E-state index contributed by atoms with van der Waals surface area (Å²) in [6.07, 6.45) is 0.829. The first-order valence-corrected chi connectivity index (χ1v) is 6.63. The van der Waals surface area contributed by atoms with Crippen LogP contribution in [0, 0.1) is 0 Å². The highest BCUT2D eigenvalue weighted by Crippen LogP contribution is 2.26. The molecule has 1 N–H and O–H groups in total. The van der Waals surface area contributed by atoms with Crippen LogP contribution >= 0.6 is 11.6 Å². The van der Waals surface area contributed by atoms with Crippen LogP contribution in [0.1, 0.15) is 37.6 Å². The maximum absolute atomic E-state index is 11.2. The number of ether oxygens (including phenoxy) is 1. The molecule has 0 aromatic heterocycles. The Kier molecular flexibility index (Phi) is 6.36. The molecule has 104 valence electrons. The van der Waals surface area contributed by atoms with E-state index in [2.05, 4.69) is 5.32 Å². The smallest absolute Gasteiger partial charge is 0.305 e. The maximum Gasteiger partial charge on any atom is 0.305 e. The van der Waals surface area contributed by atoms with Crippen LogP contribution in [0.15, 0.2) is 24.3 Å². The summed E-state index contributed by atoms with van der Waals surface area (Å²) in [5, 5.41) is 2.44. The molecule has 1 amide bonds. The number of rotatable bonds is 6. The molecule has 0 saturated heterocycles. The fourth-order valence-corrected chi connectivity index (χ4v) is 1.88. The lowest BCUT2D eigenvalue weighted by Gasteiger charge is -2.10. The van der Waals surface area contributed by atoms with E-state index in [1.54, 1.807) is 19.1 Å². The highest BCUT2D eigenvalue weighted by atomic mass is 35.5. The van der Waals surface area contributed by atoms with Crippen molar-refractivity contribution in [1.82, 2.24) is 0 Å². The molecule has 0 aliphatic rings. The highest BCUT2D eigenvalue weighted by molar-refractivity contribution is 6.20. The molecule has 1 rings (SSSR count). The van der Waals surface area contributed by atoms with E-state index < -0.39 is 0 Å². The largest absolute Gasteiger partial charge is 0.466 e. The van der Waals surface area contributed by atoms with Crippen molar-refractivity contribution in [3.8, 4) is 0 Å². The van der Waals surface area contributed by atoms with Gasteiger partial charge in [-0.15, -0.1) is 11.6 Å². The number of nitrogens with one attached hydrogen (secondary N) is 1. The number of halogens is 1. The fourth-order valence-electron chi connectivity index (χ4n) is 1.62. The minimum absolute atomic E-state index is 0.113. The van der Waals surface area contributed by atoms with Gasteiger partial charge in [0, 0.05) is 19.0 Å². The molecule has 0 radical (unpaired) electrons. The van der Waals surface area contributed by atoms with Gasteiger partial charge in [0.25, 0.3) is 0 Å². The van der Waals surface area contributed by atoms with Crippen LogP contribution in [-0.2, 0) is 14.3 Å². The molecule has 5 heteroatoms. The van der Waals surface area contributed by atoms with Gasteiger partial charge in [0.1, 0.15) is 0 Å². The second-order valence-corrected chi connectivity index (χ2v) is 4.64. The number of esters is 1. The van der Waals surface area contributed by atoms with Gasteiger partial charge in [-0.3, -0.25) is 9.59 Å². The molecule has 0 bridgehead atoms. The third-order valence-electron chi connectivity index (χ3n) is 2.50. The lowest BCUT2D eigenvalue weighted by atomic mass is 10.1. The predicted octanol–water partition coefficient (Wildman–Crippen LogP) is 3.27. The Bertz CT molecular complexity index is 431. The van der Waals surface area contributed by atoms with Crippen LogP contribution in [-0.4, -0.2) is 18.5 Å². The molecular formula is C14H18ClNO3. The topological polar surface area (TPSA) is 55.4 Å².